The summed E-state index contributed by atoms with van der Waals surface area (Å²) in [4.78, 5) is 16.7. The summed E-state index contributed by atoms with van der Waals surface area (Å²) in [6.07, 6.45) is 2.71. The monoisotopic (exact) mass is 248 g/mol. The van der Waals surface area contributed by atoms with Crippen molar-refractivity contribution in [2.75, 3.05) is 26.7 Å². The maximum atomic E-state index is 12.1. The second-order valence-corrected chi connectivity index (χ2v) is 5.12. The fourth-order valence-electron chi connectivity index (χ4n) is 2.99. The minimum Gasteiger partial charge on any atom is -0.463 e. The highest BCUT2D eigenvalue weighted by atomic mass is 16.5. The number of hydrogen-bond acceptors (Lipinski definition) is 4. The Morgan fingerprint density at radius 3 is 2.94 bits per heavy atom. The van der Waals surface area contributed by atoms with Gasteiger partial charge in [-0.2, -0.15) is 0 Å². The summed E-state index contributed by atoms with van der Waals surface area (Å²) in [6.45, 7) is 8.03. The van der Waals surface area contributed by atoms with Crippen molar-refractivity contribution in [3.05, 3.63) is 23.8 Å². The molecule has 2 atom stereocenters. The summed E-state index contributed by atoms with van der Waals surface area (Å²) < 4.78 is 5.20. The van der Waals surface area contributed by atoms with E-state index in [1.165, 1.54) is 0 Å². The molecule has 0 aliphatic carbocycles. The number of piperazine rings is 1. The summed E-state index contributed by atoms with van der Waals surface area (Å²) in [6, 6.07) is 0.606. The van der Waals surface area contributed by atoms with Crippen molar-refractivity contribution in [1.29, 1.82) is 0 Å². The highest BCUT2D eigenvalue weighted by Gasteiger charge is 2.40. The normalized spacial score (nSPS) is 29.2. The van der Waals surface area contributed by atoms with Gasteiger partial charge in [0.2, 0.25) is 0 Å². The van der Waals surface area contributed by atoms with Crippen LogP contribution >= 0.6 is 0 Å². The predicted octanol–water partition coefficient (Wildman–Crippen LogP) is -0.0315. The van der Waals surface area contributed by atoms with Gasteiger partial charge in [-0.1, -0.05) is 12.7 Å². The lowest BCUT2D eigenvalue weighted by Crippen LogP contribution is -2.60. The van der Waals surface area contributed by atoms with E-state index in [0.717, 1.165) is 30.7 Å². The second kappa shape index (κ2) is 5.28. The van der Waals surface area contributed by atoms with Crippen molar-refractivity contribution < 1.29 is 9.53 Å². The zero-order valence-corrected chi connectivity index (χ0v) is 11.5. The van der Waals surface area contributed by atoms with Gasteiger partial charge < -0.3 is 9.55 Å². The van der Waals surface area contributed by atoms with Crippen LogP contribution in [0.3, 0.4) is 0 Å². The summed E-state index contributed by atoms with van der Waals surface area (Å²) >= 11 is 0. The van der Waals surface area contributed by atoms with Crippen LogP contribution in [0.2, 0.25) is 0 Å². The first-order valence-electron chi connectivity index (χ1n) is 6.51. The van der Waals surface area contributed by atoms with E-state index in [-0.39, 0.29) is 12.0 Å². The van der Waals surface area contributed by atoms with Gasteiger partial charge in [-0.05, 0) is 26.0 Å². The van der Waals surface area contributed by atoms with Crippen LogP contribution in [0.15, 0.2) is 23.8 Å². The average Bonchev–Trinajstić information content (AvgIpc) is 2.31. The topological polar surface area (TPSA) is 32.8 Å². The van der Waals surface area contributed by atoms with E-state index in [1.807, 2.05) is 13.0 Å². The fraction of sp³-hybridized carbons (Fsp3) is 0.615. The Morgan fingerprint density at radius 1 is 1.61 bits per heavy atom. The van der Waals surface area contributed by atoms with E-state index in [0.29, 0.717) is 12.6 Å². The quantitative estimate of drug-likeness (QED) is 0.518. The Kier molecular flexibility index (Phi) is 3.92. The van der Waals surface area contributed by atoms with Crippen molar-refractivity contribution in [3.8, 4) is 0 Å². The largest absolute Gasteiger partial charge is 0.463 e. The maximum absolute atomic E-state index is 12.1. The van der Waals surface area contributed by atoms with Crippen LogP contribution in [0.1, 0.15) is 13.3 Å². The van der Waals surface area contributed by atoms with E-state index in [2.05, 4.69) is 31.3 Å². The molecule has 0 aromatic heterocycles. The van der Waals surface area contributed by atoms with E-state index in [1.54, 1.807) is 0 Å². The Bertz CT molecular complexity index is 394. The van der Waals surface area contributed by atoms with Crippen LogP contribution in [0.5, 0.6) is 0 Å². The summed E-state index contributed by atoms with van der Waals surface area (Å²) in [5.74, 6) is -0.182. The molecular formula is C13H21BN2O2. The third-order valence-corrected chi connectivity index (χ3v) is 3.95. The molecule has 0 aromatic rings. The fourth-order valence-corrected chi connectivity index (χ4v) is 2.99. The first-order valence-corrected chi connectivity index (χ1v) is 6.51. The molecule has 2 aliphatic heterocycles. The van der Waals surface area contributed by atoms with Gasteiger partial charge in [-0.15, -0.1) is 0 Å². The number of nitrogens with zero attached hydrogens (tertiary/aromatic N) is 2. The molecule has 2 aliphatic rings. The van der Waals surface area contributed by atoms with Crippen molar-refractivity contribution in [2.24, 2.45) is 0 Å². The third kappa shape index (κ3) is 2.25. The molecular weight excluding hydrogens is 227 g/mol. The lowest BCUT2D eigenvalue weighted by molar-refractivity contribution is -0.140. The van der Waals surface area contributed by atoms with Gasteiger partial charge >= 0.3 is 5.97 Å². The molecule has 4 nitrogen and oxygen atoms in total. The number of likely N-dealkylation sites (N-methyl/N-ethyl adjacent to an activating group) is 1. The van der Waals surface area contributed by atoms with Gasteiger partial charge in [-0.3, -0.25) is 4.90 Å². The molecule has 18 heavy (non-hydrogen) atoms. The van der Waals surface area contributed by atoms with Crippen LogP contribution in [0, 0.1) is 0 Å². The van der Waals surface area contributed by atoms with Crippen LogP contribution in [0.4, 0.5) is 0 Å². The molecule has 2 rings (SSSR count). The second-order valence-electron chi connectivity index (χ2n) is 5.12. The van der Waals surface area contributed by atoms with Gasteiger partial charge in [-0.25, -0.2) is 4.79 Å². The van der Waals surface area contributed by atoms with Crippen molar-refractivity contribution in [1.82, 2.24) is 9.71 Å². The van der Waals surface area contributed by atoms with Gasteiger partial charge in [0.15, 0.2) is 7.98 Å². The van der Waals surface area contributed by atoms with E-state index in [4.69, 9.17) is 4.74 Å². The van der Waals surface area contributed by atoms with E-state index >= 15 is 0 Å². The van der Waals surface area contributed by atoms with Crippen molar-refractivity contribution >= 4 is 14.0 Å². The molecule has 0 saturated carbocycles. The summed E-state index contributed by atoms with van der Waals surface area (Å²) in [5.41, 5.74) is 1.87. The van der Waals surface area contributed by atoms with Crippen molar-refractivity contribution in [3.63, 3.8) is 0 Å². The van der Waals surface area contributed by atoms with Crippen LogP contribution in [-0.2, 0) is 9.53 Å². The molecule has 0 amide bonds. The summed E-state index contributed by atoms with van der Waals surface area (Å²) in [7, 11) is 4.20. The zero-order valence-electron chi connectivity index (χ0n) is 11.5. The molecule has 0 aromatic carbocycles. The standard InChI is InChI=1S/C13H21BN2O2/c1-4-9-6-10-7-16(14)8-11(15(10)3)12(9)13(17)18-5-2/h4,10-11H,1,5-8,14H2,2-3H3. The van der Waals surface area contributed by atoms with Gasteiger partial charge in [0.25, 0.3) is 0 Å². The van der Waals surface area contributed by atoms with Crippen molar-refractivity contribution in [2.45, 2.75) is 25.4 Å². The molecule has 1 fully saturated rings. The number of hydrogen-bond donors (Lipinski definition) is 0. The highest BCUT2D eigenvalue weighted by molar-refractivity contribution is 6.04. The van der Waals surface area contributed by atoms with Gasteiger partial charge in [0.1, 0.15) is 0 Å². The Hall–Kier alpha value is -1.07. The molecule has 98 valence electrons. The number of rotatable bonds is 3. The van der Waals surface area contributed by atoms with Gasteiger partial charge in [0, 0.05) is 19.1 Å². The molecule has 5 heteroatoms. The number of allylic oxidation sites excluding steroid dienone is 1. The molecule has 0 N–H and O–H groups in total. The molecule has 2 heterocycles. The molecule has 1 saturated heterocycles. The van der Waals surface area contributed by atoms with Crippen LogP contribution in [0.25, 0.3) is 0 Å². The lowest BCUT2D eigenvalue weighted by atomic mass is 9.84. The molecule has 2 unspecified atom stereocenters. The van der Waals surface area contributed by atoms with Crippen LogP contribution < -0.4 is 0 Å². The smallest absolute Gasteiger partial charge is 0.335 e. The SMILES string of the molecule is BN1CC2CC(C=C)=C(C(=O)OCC)C(C1)N2C. The molecule has 2 bridgehead atoms. The highest BCUT2D eigenvalue weighted by Crippen LogP contribution is 2.32. The Balaban J connectivity index is 2.36. The maximum Gasteiger partial charge on any atom is 0.335 e. The average molecular weight is 248 g/mol. The predicted molar refractivity (Wildman–Crippen MR) is 73.9 cm³/mol. The zero-order chi connectivity index (χ0) is 13.3. The first kappa shape index (κ1) is 13.4. The van der Waals surface area contributed by atoms with Gasteiger partial charge in [0.05, 0.1) is 18.2 Å². The minimum absolute atomic E-state index is 0.134. The van der Waals surface area contributed by atoms with E-state index < -0.39 is 0 Å². The Morgan fingerprint density at radius 2 is 2.33 bits per heavy atom. The Labute approximate surface area is 110 Å². The summed E-state index contributed by atoms with van der Waals surface area (Å²) in [5, 5.41) is 0. The first-order chi connectivity index (χ1) is 8.58. The number of carbonyl (C=O) groups is 1. The number of esters is 1. The van der Waals surface area contributed by atoms with E-state index in [9.17, 15) is 4.79 Å². The number of carbonyl (C=O) groups excluding carboxylic acids is 1. The van der Waals surface area contributed by atoms with Crippen LogP contribution in [-0.4, -0.2) is 62.5 Å². The third-order valence-electron chi connectivity index (χ3n) is 3.95. The molecule has 0 radical (unpaired) electrons. The minimum atomic E-state index is -0.182. The number of fused-ring (bicyclic) bond motifs is 2. The lowest BCUT2D eigenvalue weighted by Gasteiger charge is -2.48. The molecule has 0 spiro atoms. The number of ether oxygens (including phenoxy) is 1.